The van der Waals surface area contributed by atoms with E-state index in [9.17, 15) is 13.2 Å². The number of carbonyl (C=O) groups is 1. The van der Waals surface area contributed by atoms with Crippen LogP contribution in [0.3, 0.4) is 0 Å². The first kappa shape index (κ1) is 21.5. The predicted molar refractivity (Wildman–Crippen MR) is 120 cm³/mol. The van der Waals surface area contributed by atoms with E-state index < -0.39 is 10.0 Å². The molecule has 3 aromatic rings. The average Bonchev–Trinajstić information content (AvgIpc) is 3.17. The molecule has 2 aromatic carbocycles. The van der Waals surface area contributed by atoms with Gasteiger partial charge in [0.1, 0.15) is 0 Å². The van der Waals surface area contributed by atoms with Gasteiger partial charge in [-0.05, 0) is 36.2 Å². The van der Waals surface area contributed by atoms with E-state index in [1.54, 1.807) is 22.4 Å². The predicted octanol–water partition coefficient (Wildman–Crippen LogP) is 3.28. The lowest BCUT2D eigenvalue weighted by molar-refractivity contribution is 0.0737. The lowest BCUT2D eigenvalue weighted by atomic mass is 9.99. The quantitative estimate of drug-likeness (QED) is 0.614. The third-order valence-electron chi connectivity index (χ3n) is 5.06. The Bertz CT molecular complexity index is 1100. The third-order valence-corrected chi connectivity index (χ3v) is 7.23. The minimum Gasteiger partial charge on any atom is -0.379 e. The van der Waals surface area contributed by atoms with Gasteiger partial charge in [-0.25, -0.2) is 13.4 Å². The van der Waals surface area contributed by atoms with Crippen molar-refractivity contribution in [1.29, 1.82) is 0 Å². The molecule has 1 aliphatic heterocycles. The summed E-state index contributed by atoms with van der Waals surface area (Å²) in [5, 5.41) is 1.99. The maximum atomic E-state index is 13.1. The van der Waals surface area contributed by atoms with Crippen LogP contribution in [0.1, 0.15) is 15.9 Å². The molecule has 4 rings (SSSR count). The number of ether oxygens (including phenoxy) is 1. The second kappa shape index (κ2) is 9.59. The van der Waals surface area contributed by atoms with Crippen LogP contribution in [0.4, 0.5) is 5.13 Å². The Balaban J connectivity index is 1.44. The minimum atomic E-state index is -3.75. The van der Waals surface area contributed by atoms with Gasteiger partial charge in [-0.15, -0.1) is 11.3 Å². The molecular formula is C22H23N3O4S2. The molecule has 1 aliphatic rings. The molecule has 7 nitrogen and oxygen atoms in total. The number of benzene rings is 2. The number of hydrogen-bond donors (Lipinski definition) is 1. The summed E-state index contributed by atoms with van der Waals surface area (Å²) in [4.78, 5) is 18.9. The molecule has 162 valence electrons. The summed E-state index contributed by atoms with van der Waals surface area (Å²) in [6, 6.07) is 16.2. The Labute approximate surface area is 185 Å². The molecule has 1 amide bonds. The van der Waals surface area contributed by atoms with Crippen LogP contribution >= 0.6 is 11.3 Å². The van der Waals surface area contributed by atoms with Crippen molar-refractivity contribution >= 4 is 32.4 Å². The van der Waals surface area contributed by atoms with Crippen molar-refractivity contribution < 1.29 is 17.9 Å². The van der Waals surface area contributed by atoms with Gasteiger partial charge >= 0.3 is 0 Å². The average molecular weight is 458 g/mol. The number of nitrogens with one attached hydrogen (secondary N) is 1. The van der Waals surface area contributed by atoms with Crippen LogP contribution in [0.15, 0.2) is 71.1 Å². The molecular weight excluding hydrogens is 434 g/mol. The molecule has 0 aliphatic carbocycles. The minimum absolute atomic E-state index is 0.0837. The summed E-state index contributed by atoms with van der Waals surface area (Å²) in [7, 11) is -3.75. The van der Waals surface area contributed by atoms with E-state index in [1.165, 1.54) is 35.2 Å². The summed E-state index contributed by atoms with van der Waals surface area (Å²) in [5.41, 5.74) is 1.67. The second-order valence-corrected chi connectivity index (χ2v) is 9.93. The van der Waals surface area contributed by atoms with Crippen molar-refractivity contribution in [3.05, 3.63) is 77.3 Å². The Kier molecular flexibility index (Phi) is 6.64. The fraction of sp³-hybridized carbons (Fsp3) is 0.273. The van der Waals surface area contributed by atoms with Crippen molar-refractivity contribution in [2.45, 2.75) is 11.3 Å². The van der Waals surface area contributed by atoms with E-state index in [-0.39, 0.29) is 16.7 Å². The zero-order valence-electron chi connectivity index (χ0n) is 16.8. The maximum absolute atomic E-state index is 13.1. The summed E-state index contributed by atoms with van der Waals surface area (Å²) >= 11 is 1.20. The van der Waals surface area contributed by atoms with Crippen LogP contribution in [0.25, 0.3) is 0 Å². The van der Waals surface area contributed by atoms with Crippen LogP contribution < -0.4 is 4.72 Å². The number of rotatable bonds is 6. The zero-order chi connectivity index (χ0) is 21.7. The van der Waals surface area contributed by atoms with Crippen molar-refractivity contribution in [2.24, 2.45) is 5.92 Å². The van der Waals surface area contributed by atoms with Gasteiger partial charge in [0.05, 0.1) is 18.1 Å². The van der Waals surface area contributed by atoms with Gasteiger partial charge in [0.15, 0.2) is 5.13 Å². The first-order chi connectivity index (χ1) is 15.0. The topological polar surface area (TPSA) is 88.6 Å². The highest BCUT2D eigenvalue weighted by Crippen LogP contribution is 2.20. The Morgan fingerprint density at radius 2 is 1.94 bits per heavy atom. The van der Waals surface area contributed by atoms with E-state index >= 15 is 0 Å². The molecule has 1 saturated heterocycles. The van der Waals surface area contributed by atoms with Gasteiger partial charge in [-0.2, -0.15) is 0 Å². The normalized spacial score (nSPS) is 17.2. The van der Waals surface area contributed by atoms with E-state index in [2.05, 4.69) is 21.8 Å². The van der Waals surface area contributed by atoms with Gasteiger partial charge in [-0.3, -0.25) is 9.52 Å². The molecule has 0 radical (unpaired) electrons. The number of anilines is 1. The standard InChI is InChI=1S/C22H23N3O4S2/c26-21(25-11-12-29-16-18(15-25)14-17-4-2-1-3-5-17)19-6-8-20(9-7-19)31(27,28)24-22-23-10-13-30-22/h1-10,13,18H,11-12,14-16H2,(H,23,24). The molecule has 2 heterocycles. The largest absolute Gasteiger partial charge is 0.379 e. The molecule has 1 N–H and O–H groups in total. The number of thiazole rings is 1. The highest BCUT2D eigenvalue weighted by Gasteiger charge is 2.24. The van der Waals surface area contributed by atoms with E-state index in [4.69, 9.17) is 4.74 Å². The van der Waals surface area contributed by atoms with Gasteiger partial charge < -0.3 is 9.64 Å². The monoisotopic (exact) mass is 457 g/mol. The molecule has 1 aromatic heterocycles. The van der Waals surface area contributed by atoms with E-state index in [1.807, 2.05) is 18.2 Å². The molecule has 0 spiro atoms. The van der Waals surface area contributed by atoms with Crippen LogP contribution in [0.2, 0.25) is 0 Å². The summed E-state index contributed by atoms with van der Waals surface area (Å²) in [6.45, 7) is 2.20. The van der Waals surface area contributed by atoms with Crippen LogP contribution in [-0.4, -0.2) is 50.5 Å². The number of sulfonamides is 1. The third kappa shape index (κ3) is 5.49. The van der Waals surface area contributed by atoms with E-state index in [0.29, 0.717) is 37.0 Å². The highest BCUT2D eigenvalue weighted by molar-refractivity contribution is 7.93. The number of aromatic nitrogens is 1. The number of hydrogen-bond acceptors (Lipinski definition) is 6. The molecule has 0 saturated carbocycles. The number of carbonyl (C=O) groups excluding carboxylic acids is 1. The first-order valence-corrected chi connectivity index (χ1v) is 12.3. The molecule has 1 atom stereocenters. The fourth-order valence-electron chi connectivity index (χ4n) is 3.54. The fourth-order valence-corrected chi connectivity index (χ4v) is 5.33. The molecule has 1 unspecified atom stereocenters. The molecule has 1 fully saturated rings. The van der Waals surface area contributed by atoms with Crippen molar-refractivity contribution in [1.82, 2.24) is 9.88 Å². The van der Waals surface area contributed by atoms with Crippen LogP contribution in [-0.2, 0) is 21.2 Å². The summed E-state index contributed by atoms with van der Waals surface area (Å²) in [6.07, 6.45) is 2.37. The van der Waals surface area contributed by atoms with Crippen LogP contribution in [0, 0.1) is 5.92 Å². The van der Waals surface area contributed by atoms with Crippen molar-refractivity contribution in [3.63, 3.8) is 0 Å². The number of nitrogens with zero attached hydrogens (tertiary/aromatic N) is 2. The Morgan fingerprint density at radius 1 is 1.16 bits per heavy atom. The Morgan fingerprint density at radius 3 is 2.65 bits per heavy atom. The van der Waals surface area contributed by atoms with Crippen molar-refractivity contribution in [3.8, 4) is 0 Å². The van der Waals surface area contributed by atoms with Gasteiger partial charge in [-0.1, -0.05) is 30.3 Å². The van der Waals surface area contributed by atoms with E-state index in [0.717, 1.165) is 6.42 Å². The Hall–Kier alpha value is -2.75. The smallest absolute Gasteiger partial charge is 0.263 e. The maximum Gasteiger partial charge on any atom is 0.263 e. The molecule has 31 heavy (non-hydrogen) atoms. The summed E-state index contributed by atoms with van der Waals surface area (Å²) in [5.74, 6) is 0.0800. The van der Waals surface area contributed by atoms with Gasteiger partial charge in [0.25, 0.3) is 15.9 Å². The molecule has 9 heteroatoms. The number of amides is 1. The molecule has 0 bridgehead atoms. The van der Waals surface area contributed by atoms with Gasteiger partial charge in [0, 0.05) is 36.1 Å². The van der Waals surface area contributed by atoms with Gasteiger partial charge in [0.2, 0.25) is 0 Å². The van der Waals surface area contributed by atoms with Crippen molar-refractivity contribution in [2.75, 3.05) is 31.0 Å². The lowest BCUT2D eigenvalue weighted by Gasteiger charge is -2.24. The van der Waals surface area contributed by atoms with Crippen LogP contribution in [0.5, 0.6) is 0 Å². The second-order valence-electron chi connectivity index (χ2n) is 7.35. The summed E-state index contributed by atoms with van der Waals surface area (Å²) < 4.78 is 33.1. The highest BCUT2D eigenvalue weighted by atomic mass is 32.2. The first-order valence-electron chi connectivity index (χ1n) is 9.94. The zero-order valence-corrected chi connectivity index (χ0v) is 18.4. The SMILES string of the molecule is O=C(c1ccc(S(=O)(=O)Nc2nccs2)cc1)N1CCOCC(Cc2ccccc2)C1. The lowest BCUT2D eigenvalue weighted by Crippen LogP contribution is -2.36.